The summed E-state index contributed by atoms with van der Waals surface area (Å²) in [5, 5.41) is 5.57. The van der Waals surface area contributed by atoms with E-state index in [1.54, 1.807) is 31.2 Å². The minimum Gasteiger partial charge on any atom is -0.494 e. The zero-order chi connectivity index (χ0) is 21.2. The van der Waals surface area contributed by atoms with Gasteiger partial charge in [0, 0.05) is 18.7 Å². The van der Waals surface area contributed by atoms with Gasteiger partial charge in [-0.15, -0.1) is 0 Å². The number of rotatable bonds is 10. The van der Waals surface area contributed by atoms with Crippen molar-refractivity contribution in [3.05, 3.63) is 59.7 Å². The average molecular weight is 399 g/mol. The third kappa shape index (κ3) is 6.82. The van der Waals surface area contributed by atoms with Gasteiger partial charge in [0.05, 0.1) is 6.61 Å². The zero-order valence-electron chi connectivity index (χ0n) is 17.5. The Hall–Kier alpha value is -3.02. The van der Waals surface area contributed by atoms with Gasteiger partial charge >= 0.3 is 0 Å². The van der Waals surface area contributed by atoms with Gasteiger partial charge in [-0.2, -0.15) is 0 Å². The topological polar surface area (TPSA) is 76.7 Å². The van der Waals surface area contributed by atoms with Gasteiger partial charge < -0.3 is 20.1 Å². The summed E-state index contributed by atoms with van der Waals surface area (Å²) in [7, 11) is 0. The van der Waals surface area contributed by atoms with E-state index < -0.39 is 6.10 Å². The Morgan fingerprint density at radius 3 is 2.24 bits per heavy atom. The molecule has 0 saturated heterocycles. The van der Waals surface area contributed by atoms with Crippen molar-refractivity contribution in [1.82, 2.24) is 10.6 Å². The second kappa shape index (κ2) is 11.1. The number of ether oxygens (including phenoxy) is 2. The summed E-state index contributed by atoms with van der Waals surface area (Å²) in [6.45, 7) is 9.01. The minimum atomic E-state index is -0.628. The van der Waals surface area contributed by atoms with E-state index in [-0.39, 0.29) is 11.8 Å². The third-order valence-electron chi connectivity index (χ3n) is 4.35. The molecule has 0 radical (unpaired) electrons. The molecule has 0 heterocycles. The minimum absolute atomic E-state index is 0.197. The van der Waals surface area contributed by atoms with Crippen LogP contribution in [0.5, 0.6) is 11.5 Å². The van der Waals surface area contributed by atoms with Crippen molar-refractivity contribution in [2.24, 2.45) is 0 Å². The molecule has 1 atom stereocenters. The van der Waals surface area contributed by atoms with Crippen molar-refractivity contribution >= 4 is 11.8 Å². The largest absolute Gasteiger partial charge is 0.494 e. The van der Waals surface area contributed by atoms with E-state index in [0.29, 0.717) is 36.9 Å². The number of para-hydroxylation sites is 1. The quantitative estimate of drug-likeness (QED) is 0.601. The monoisotopic (exact) mass is 398 g/mol. The first-order chi connectivity index (χ1) is 13.9. The van der Waals surface area contributed by atoms with Crippen LogP contribution in [0.3, 0.4) is 0 Å². The Bertz CT molecular complexity index is 803. The number of hydrogen-bond donors (Lipinski definition) is 2. The Kier molecular flexibility index (Phi) is 8.52. The molecule has 0 spiro atoms. The summed E-state index contributed by atoms with van der Waals surface area (Å²) >= 11 is 0. The molecule has 29 heavy (non-hydrogen) atoms. The van der Waals surface area contributed by atoms with Gasteiger partial charge in [-0.05, 0) is 55.7 Å². The predicted octanol–water partition coefficient (Wildman–Crippen LogP) is 3.52. The third-order valence-corrected chi connectivity index (χ3v) is 4.35. The van der Waals surface area contributed by atoms with Crippen molar-refractivity contribution in [3.63, 3.8) is 0 Å². The highest BCUT2D eigenvalue weighted by atomic mass is 16.5. The Morgan fingerprint density at radius 2 is 1.59 bits per heavy atom. The van der Waals surface area contributed by atoms with Crippen LogP contribution in [0.25, 0.3) is 0 Å². The van der Waals surface area contributed by atoms with E-state index in [1.165, 1.54) is 0 Å². The molecule has 1 unspecified atom stereocenters. The Balaban J connectivity index is 1.75. The molecule has 2 aromatic carbocycles. The highest BCUT2D eigenvalue weighted by molar-refractivity contribution is 5.94. The summed E-state index contributed by atoms with van der Waals surface area (Å²) < 4.78 is 11.2. The number of carbonyl (C=O) groups excluding carboxylic acids is 2. The fourth-order valence-corrected chi connectivity index (χ4v) is 2.79. The lowest BCUT2D eigenvalue weighted by molar-refractivity contribution is -0.127. The molecule has 2 aromatic rings. The molecule has 0 aliphatic carbocycles. The van der Waals surface area contributed by atoms with Crippen LogP contribution in [0, 0.1) is 0 Å². The lowest BCUT2D eigenvalue weighted by Crippen LogP contribution is -2.40. The highest BCUT2D eigenvalue weighted by Gasteiger charge is 2.17. The van der Waals surface area contributed by atoms with E-state index in [9.17, 15) is 9.59 Å². The summed E-state index contributed by atoms with van der Waals surface area (Å²) in [5.41, 5.74) is 1.61. The molecule has 6 heteroatoms. The maximum atomic E-state index is 12.3. The van der Waals surface area contributed by atoms with Crippen LogP contribution in [-0.2, 0) is 4.79 Å². The molecule has 0 fully saturated rings. The summed E-state index contributed by atoms with van der Waals surface area (Å²) in [4.78, 5) is 24.4. The van der Waals surface area contributed by atoms with Crippen LogP contribution in [0.4, 0.5) is 0 Å². The van der Waals surface area contributed by atoms with Crippen molar-refractivity contribution in [1.29, 1.82) is 0 Å². The number of amides is 2. The van der Waals surface area contributed by atoms with Crippen molar-refractivity contribution in [3.8, 4) is 11.5 Å². The van der Waals surface area contributed by atoms with Gasteiger partial charge in [0.15, 0.2) is 6.10 Å². The Labute approximate surface area is 172 Å². The number of hydrogen-bond acceptors (Lipinski definition) is 4. The van der Waals surface area contributed by atoms with Crippen molar-refractivity contribution in [2.75, 3.05) is 19.7 Å². The molecular formula is C23H30N2O4. The molecular weight excluding hydrogens is 368 g/mol. The number of nitrogens with one attached hydrogen (secondary N) is 2. The van der Waals surface area contributed by atoms with E-state index in [1.807, 2.05) is 31.2 Å². The lowest BCUT2D eigenvalue weighted by atomic mass is 10.0. The van der Waals surface area contributed by atoms with Crippen LogP contribution in [0.2, 0.25) is 0 Å². The first kappa shape index (κ1) is 22.3. The first-order valence-corrected chi connectivity index (χ1v) is 9.96. The van der Waals surface area contributed by atoms with Gasteiger partial charge in [-0.3, -0.25) is 9.59 Å². The molecule has 0 aliphatic heterocycles. The van der Waals surface area contributed by atoms with Crippen molar-refractivity contribution < 1.29 is 19.1 Å². The fraction of sp³-hybridized carbons (Fsp3) is 0.391. The second-order valence-corrected chi connectivity index (χ2v) is 6.96. The van der Waals surface area contributed by atoms with Gasteiger partial charge in [0.1, 0.15) is 11.5 Å². The van der Waals surface area contributed by atoms with Gasteiger partial charge in [-0.1, -0.05) is 32.0 Å². The second-order valence-electron chi connectivity index (χ2n) is 6.96. The van der Waals surface area contributed by atoms with E-state index in [4.69, 9.17) is 9.47 Å². The average Bonchev–Trinajstić information content (AvgIpc) is 2.71. The normalized spacial score (nSPS) is 11.6. The molecule has 2 N–H and O–H groups in total. The number of carbonyl (C=O) groups is 2. The maximum absolute atomic E-state index is 12.3. The predicted molar refractivity (Wildman–Crippen MR) is 114 cm³/mol. The Morgan fingerprint density at radius 1 is 0.931 bits per heavy atom. The van der Waals surface area contributed by atoms with Crippen LogP contribution >= 0.6 is 0 Å². The standard InChI is InChI=1S/C23H30N2O4/c1-5-28-19-12-10-18(11-13-19)23(27)25-15-14-24-22(26)17(4)29-21-9-7-6-8-20(21)16(2)3/h6-13,16-17H,5,14-15H2,1-4H3,(H,24,26)(H,25,27). The SMILES string of the molecule is CCOc1ccc(C(=O)NCCNC(=O)C(C)Oc2ccccc2C(C)C)cc1. The molecule has 156 valence electrons. The van der Waals surface area contributed by atoms with E-state index in [2.05, 4.69) is 24.5 Å². The smallest absolute Gasteiger partial charge is 0.260 e. The van der Waals surface area contributed by atoms with Crippen LogP contribution in [0.15, 0.2) is 48.5 Å². The molecule has 2 rings (SSSR count). The molecule has 6 nitrogen and oxygen atoms in total. The fourth-order valence-electron chi connectivity index (χ4n) is 2.79. The molecule has 0 bridgehead atoms. The first-order valence-electron chi connectivity index (χ1n) is 9.96. The molecule has 0 saturated carbocycles. The molecule has 0 aromatic heterocycles. The van der Waals surface area contributed by atoms with E-state index in [0.717, 1.165) is 11.3 Å². The zero-order valence-corrected chi connectivity index (χ0v) is 17.5. The summed E-state index contributed by atoms with van der Waals surface area (Å²) in [5.74, 6) is 1.33. The number of benzene rings is 2. The van der Waals surface area contributed by atoms with Crippen LogP contribution in [-0.4, -0.2) is 37.6 Å². The highest BCUT2D eigenvalue weighted by Crippen LogP contribution is 2.26. The van der Waals surface area contributed by atoms with Crippen LogP contribution < -0.4 is 20.1 Å². The van der Waals surface area contributed by atoms with Gasteiger partial charge in [0.2, 0.25) is 0 Å². The molecule has 0 aliphatic rings. The molecule has 2 amide bonds. The maximum Gasteiger partial charge on any atom is 0.260 e. The van der Waals surface area contributed by atoms with Crippen LogP contribution in [0.1, 0.15) is 49.5 Å². The van der Waals surface area contributed by atoms with Crippen molar-refractivity contribution in [2.45, 2.75) is 39.7 Å². The van der Waals surface area contributed by atoms with E-state index >= 15 is 0 Å². The lowest BCUT2D eigenvalue weighted by Gasteiger charge is -2.18. The van der Waals surface area contributed by atoms with Gasteiger partial charge in [-0.25, -0.2) is 0 Å². The summed E-state index contributed by atoms with van der Waals surface area (Å²) in [6, 6.07) is 14.7. The van der Waals surface area contributed by atoms with Gasteiger partial charge in [0.25, 0.3) is 11.8 Å². The summed E-state index contributed by atoms with van der Waals surface area (Å²) in [6.07, 6.45) is -0.628.